The van der Waals surface area contributed by atoms with Crippen LogP contribution in [-0.4, -0.2) is 23.6 Å². The van der Waals surface area contributed by atoms with Crippen LogP contribution >= 0.6 is 0 Å². The molecule has 126 valence electrons. The molecule has 4 nitrogen and oxygen atoms in total. The second kappa shape index (κ2) is 7.47. The zero-order chi connectivity index (χ0) is 16.9. The van der Waals surface area contributed by atoms with E-state index in [1.807, 2.05) is 37.3 Å². The molecule has 1 heterocycles. The van der Waals surface area contributed by atoms with Crippen molar-refractivity contribution in [2.75, 3.05) is 7.11 Å². The van der Waals surface area contributed by atoms with Gasteiger partial charge in [-0.2, -0.15) is 0 Å². The molecule has 0 bridgehead atoms. The maximum atomic E-state index is 12.9. The van der Waals surface area contributed by atoms with Gasteiger partial charge in [0.1, 0.15) is 11.2 Å². The van der Waals surface area contributed by atoms with E-state index in [2.05, 4.69) is 0 Å². The van der Waals surface area contributed by atoms with Crippen LogP contribution in [0, 0.1) is 6.92 Å². The van der Waals surface area contributed by atoms with E-state index in [0.717, 1.165) is 29.6 Å². The van der Waals surface area contributed by atoms with Gasteiger partial charge in [-0.1, -0.05) is 31.4 Å². The molecule has 1 aromatic heterocycles. The van der Waals surface area contributed by atoms with Gasteiger partial charge >= 0.3 is 0 Å². The Morgan fingerprint density at radius 1 is 1.17 bits per heavy atom. The molecule has 0 saturated heterocycles. The van der Waals surface area contributed by atoms with Gasteiger partial charge in [-0.15, -0.1) is 0 Å². The van der Waals surface area contributed by atoms with Crippen molar-refractivity contribution in [3.63, 3.8) is 0 Å². The number of aromatic nitrogens is 1. The van der Waals surface area contributed by atoms with Crippen molar-refractivity contribution >= 4 is 5.91 Å². The molecule has 4 heteroatoms. The quantitative estimate of drug-likeness (QED) is 0.863. The van der Waals surface area contributed by atoms with Gasteiger partial charge in [0.15, 0.2) is 0 Å². The molecule has 24 heavy (non-hydrogen) atoms. The fourth-order valence-electron chi connectivity index (χ4n) is 3.20. The highest BCUT2D eigenvalue weighted by Crippen LogP contribution is 2.20. The molecule has 1 aliphatic rings. The Bertz CT molecular complexity index is 786. The molecule has 0 spiro atoms. The maximum Gasteiger partial charge on any atom is 0.263 e. The lowest BCUT2D eigenvalue weighted by Crippen LogP contribution is -2.29. The monoisotopic (exact) mass is 324 g/mol. The van der Waals surface area contributed by atoms with Crippen LogP contribution in [0.15, 0.2) is 47.6 Å². The highest BCUT2D eigenvalue weighted by Gasteiger charge is 2.14. The van der Waals surface area contributed by atoms with Crippen molar-refractivity contribution in [1.82, 2.24) is 4.57 Å². The first-order chi connectivity index (χ1) is 11.7. The first-order valence-corrected chi connectivity index (χ1v) is 8.60. The molecule has 0 amide bonds. The van der Waals surface area contributed by atoms with Gasteiger partial charge < -0.3 is 4.74 Å². The van der Waals surface area contributed by atoms with Crippen LogP contribution in [0.2, 0.25) is 0 Å². The number of hydrogen-bond donors (Lipinski definition) is 0. The minimum absolute atomic E-state index is 0.0801. The summed E-state index contributed by atoms with van der Waals surface area (Å²) in [6, 6.07) is 11.6. The lowest BCUT2D eigenvalue weighted by molar-refractivity contribution is 0.0954. The Hall–Kier alpha value is -2.36. The largest absolute Gasteiger partial charge is 0.496 e. The Morgan fingerprint density at radius 2 is 1.96 bits per heavy atom. The van der Waals surface area contributed by atoms with Crippen LogP contribution in [0.1, 0.15) is 48.0 Å². The second-order valence-corrected chi connectivity index (χ2v) is 6.34. The number of nitrogens with zero attached hydrogens (tertiary/aromatic N) is 2. The lowest BCUT2D eigenvalue weighted by atomic mass is 9.96. The number of benzene rings is 1. The summed E-state index contributed by atoms with van der Waals surface area (Å²) >= 11 is 0. The SMILES string of the molecule is COc1cc(C(=O)n2ccccc2=NC2CCCCC2)ccc1C. The molecular weight excluding hydrogens is 300 g/mol. The van der Waals surface area contributed by atoms with Crippen LogP contribution in [0.3, 0.4) is 0 Å². The fourth-order valence-corrected chi connectivity index (χ4v) is 3.20. The average molecular weight is 324 g/mol. The number of hydrogen-bond acceptors (Lipinski definition) is 3. The van der Waals surface area contributed by atoms with E-state index in [0.29, 0.717) is 11.6 Å². The summed E-state index contributed by atoms with van der Waals surface area (Å²) < 4.78 is 6.98. The van der Waals surface area contributed by atoms with Crippen LogP contribution in [-0.2, 0) is 0 Å². The molecule has 1 aromatic carbocycles. The first kappa shape index (κ1) is 16.5. The van der Waals surface area contributed by atoms with E-state index in [1.54, 1.807) is 23.9 Å². The Morgan fingerprint density at radius 3 is 2.71 bits per heavy atom. The molecule has 0 radical (unpaired) electrons. The van der Waals surface area contributed by atoms with E-state index in [9.17, 15) is 4.79 Å². The molecule has 0 unspecified atom stereocenters. The van der Waals surface area contributed by atoms with Crippen LogP contribution in [0.4, 0.5) is 0 Å². The zero-order valence-corrected chi connectivity index (χ0v) is 14.4. The number of aryl methyl sites for hydroxylation is 1. The van der Waals surface area contributed by atoms with Crippen LogP contribution in [0.5, 0.6) is 5.75 Å². The van der Waals surface area contributed by atoms with Gasteiger partial charge in [-0.05, 0) is 49.6 Å². The Kier molecular flexibility index (Phi) is 5.14. The number of carbonyl (C=O) groups is 1. The van der Waals surface area contributed by atoms with Crippen molar-refractivity contribution in [1.29, 1.82) is 0 Å². The molecule has 1 fully saturated rings. The van der Waals surface area contributed by atoms with Gasteiger partial charge in [0.2, 0.25) is 0 Å². The number of methoxy groups -OCH3 is 1. The number of carbonyl (C=O) groups excluding carboxylic acids is 1. The molecule has 0 aliphatic heterocycles. The summed E-state index contributed by atoms with van der Waals surface area (Å²) in [5.41, 5.74) is 2.35. The van der Waals surface area contributed by atoms with Gasteiger partial charge in [-0.3, -0.25) is 14.4 Å². The van der Waals surface area contributed by atoms with E-state index in [4.69, 9.17) is 9.73 Å². The van der Waals surface area contributed by atoms with Gasteiger partial charge in [-0.25, -0.2) is 0 Å². The van der Waals surface area contributed by atoms with Gasteiger partial charge in [0.25, 0.3) is 5.91 Å². The van der Waals surface area contributed by atoms with Gasteiger partial charge in [0, 0.05) is 11.8 Å². The summed E-state index contributed by atoms with van der Waals surface area (Å²) in [7, 11) is 1.62. The third-order valence-corrected chi connectivity index (χ3v) is 4.60. The summed E-state index contributed by atoms with van der Waals surface area (Å²) in [6.45, 7) is 1.96. The molecule has 2 aromatic rings. The van der Waals surface area contributed by atoms with E-state index in [-0.39, 0.29) is 5.91 Å². The van der Waals surface area contributed by atoms with E-state index < -0.39 is 0 Å². The third-order valence-electron chi connectivity index (χ3n) is 4.60. The van der Waals surface area contributed by atoms with Crippen LogP contribution < -0.4 is 10.2 Å². The summed E-state index contributed by atoms with van der Waals surface area (Å²) in [5.74, 6) is 0.645. The topological polar surface area (TPSA) is 43.6 Å². The molecular formula is C20H24N2O2. The highest BCUT2D eigenvalue weighted by molar-refractivity contribution is 5.96. The molecule has 0 N–H and O–H groups in total. The Labute approximate surface area is 142 Å². The van der Waals surface area contributed by atoms with Crippen molar-refractivity contribution < 1.29 is 9.53 Å². The van der Waals surface area contributed by atoms with E-state index in [1.165, 1.54) is 19.3 Å². The first-order valence-electron chi connectivity index (χ1n) is 8.60. The maximum absolute atomic E-state index is 12.9. The van der Waals surface area contributed by atoms with Crippen LogP contribution in [0.25, 0.3) is 0 Å². The number of pyridine rings is 1. The highest BCUT2D eigenvalue weighted by atomic mass is 16.5. The van der Waals surface area contributed by atoms with Crippen molar-refractivity contribution in [3.05, 3.63) is 59.2 Å². The number of rotatable bonds is 3. The lowest BCUT2D eigenvalue weighted by Gasteiger charge is -2.18. The molecule has 3 rings (SSSR count). The van der Waals surface area contributed by atoms with Gasteiger partial charge in [0.05, 0.1) is 13.2 Å². The smallest absolute Gasteiger partial charge is 0.263 e. The average Bonchev–Trinajstić information content (AvgIpc) is 2.63. The third kappa shape index (κ3) is 3.58. The minimum Gasteiger partial charge on any atom is -0.496 e. The standard InChI is InChI=1S/C20H24N2O2/c1-15-11-12-16(14-18(15)24-2)20(23)22-13-7-6-10-19(22)21-17-8-4-3-5-9-17/h6-7,10-14,17H,3-5,8-9H2,1-2H3. The summed E-state index contributed by atoms with van der Waals surface area (Å²) in [4.78, 5) is 17.8. The predicted octanol–water partition coefficient (Wildman–Crippen LogP) is 3.73. The molecule has 1 saturated carbocycles. The fraction of sp³-hybridized carbons (Fsp3) is 0.400. The van der Waals surface area contributed by atoms with Crippen molar-refractivity contribution in [2.45, 2.75) is 45.1 Å². The summed E-state index contributed by atoms with van der Waals surface area (Å²) in [6.07, 6.45) is 7.76. The summed E-state index contributed by atoms with van der Waals surface area (Å²) in [5, 5.41) is 0. The predicted molar refractivity (Wildman–Crippen MR) is 94.3 cm³/mol. The molecule has 1 aliphatic carbocycles. The second-order valence-electron chi connectivity index (χ2n) is 6.34. The van der Waals surface area contributed by atoms with E-state index >= 15 is 0 Å². The molecule has 0 atom stereocenters. The van der Waals surface area contributed by atoms with Crippen molar-refractivity contribution in [2.24, 2.45) is 4.99 Å². The zero-order valence-electron chi connectivity index (χ0n) is 14.4. The Balaban J connectivity index is 1.97. The number of ether oxygens (including phenoxy) is 1. The normalized spacial score (nSPS) is 16.2. The minimum atomic E-state index is -0.0801. The van der Waals surface area contributed by atoms with Crippen molar-refractivity contribution in [3.8, 4) is 5.75 Å².